The molecule has 1 saturated heterocycles. The highest BCUT2D eigenvalue weighted by Crippen LogP contribution is 2.32. The fourth-order valence-electron chi connectivity index (χ4n) is 4.51. The first-order chi connectivity index (χ1) is 16.6. The zero-order chi connectivity index (χ0) is 25.5. The van der Waals surface area contributed by atoms with E-state index in [-0.39, 0.29) is 17.7 Å². The number of carbonyl (C=O) groups excluding carboxylic acids is 4. The molecule has 35 heavy (non-hydrogen) atoms. The minimum atomic E-state index is -1.35. The zero-order valence-corrected chi connectivity index (χ0v) is 20.3. The maximum absolute atomic E-state index is 13.4. The van der Waals surface area contributed by atoms with Gasteiger partial charge in [-0.25, -0.2) is 9.59 Å². The summed E-state index contributed by atoms with van der Waals surface area (Å²) in [6.45, 7) is 6.25. The minimum absolute atomic E-state index is 0.120. The number of amides is 3. The summed E-state index contributed by atoms with van der Waals surface area (Å²) < 4.78 is 10.3. The van der Waals surface area contributed by atoms with Gasteiger partial charge in [0.15, 0.2) is 5.78 Å². The molecule has 3 aromatic rings. The molecule has 0 aliphatic carbocycles. The molecule has 1 atom stereocenters. The van der Waals surface area contributed by atoms with Crippen LogP contribution in [-0.2, 0) is 15.1 Å². The van der Waals surface area contributed by atoms with Crippen LogP contribution in [0.2, 0.25) is 0 Å². The van der Waals surface area contributed by atoms with Gasteiger partial charge < -0.3 is 19.8 Å². The number of aromatic nitrogens is 1. The molecule has 9 nitrogen and oxygen atoms in total. The molecule has 1 aromatic heterocycles. The molecule has 0 spiro atoms. The third kappa shape index (κ3) is 4.03. The van der Waals surface area contributed by atoms with Crippen LogP contribution in [0.1, 0.15) is 51.5 Å². The SMILES string of the molecule is CCOC(=O)c1c(C)[nH]c(C)c1C(=O)CN1C(=O)NC(C)(c2ccc3cc(OC)ccc3c2)C1=O. The summed E-state index contributed by atoms with van der Waals surface area (Å²) in [5, 5.41) is 4.52. The molecule has 1 unspecified atom stereocenters. The lowest BCUT2D eigenvalue weighted by atomic mass is 9.90. The van der Waals surface area contributed by atoms with Crippen molar-refractivity contribution in [3.8, 4) is 5.75 Å². The number of aromatic amines is 1. The molecule has 2 heterocycles. The molecule has 182 valence electrons. The Morgan fingerprint density at radius 2 is 1.66 bits per heavy atom. The van der Waals surface area contributed by atoms with Gasteiger partial charge in [-0.05, 0) is 62.2 Å². The number of aryl methyl sites for hydroxylation is 2. The van der Waals surface area contributed by atoms with Crippen molar-refractivity contribution >= 4 is 34.5 Å². The van der Waals surface area contributed by atoms with Crippen molar-refractivity contribution in [3.63, 3.8) is 0 Å². The Kier molecular flexibility index (Phi) is 6.10. The molecular formula is C26H27N3O6. The number of H-pyrrole nitrogens is 1. The molecule has 9 heteroatoms. The van der Waals surface area contributed by atoms with Crippen molar-refractivity contribution < 1.29 is 28.7 Å². The fraction of sp³-hybridized carbons (Fsp3) is 0.308. The van der Waals surface area contributed by atoms with Gasteiger partial charge in [0.25, 0.3) is 5.91 Å². The van der Waals surface area contributed by atoms with E-state index in [1.165, 1.54) is 0 Å². The van der Waals surface area contributed by atoms with E-state index in [2.05, 4.69) is 10.3 Å². The molecular weight excluding hydrogens is 450 g/mol. The first-order valence-electron chi connectivity index (χ1n) is 11.2. The van der Waals surface area contributed by atoms with Crippen LogP contribution < -0.4 is 10.1 Å². The van der Waals surface area contributed by atoms with E-state index in [0.717, 1.165) is 15.7 Å². The van der Waals surface area contributed by atoms with Crippen molar-refractivity contribution in [1.29, 1.82) is 0 Å². The van der Waals surface area contributed by atoms with Crippen LogP contribution in [0.3, 0.4) is 0 Å². The molecule has 3 amide bonds. The Hall–Kier alpha value is -4.14. The van der Waals surface area contributed by atoms with Crippen LogP contribution in [-0.4, -0.2) is 53.8 Å². The van der Waals surface area contributed by atoms with E-state index in [1.807, 2.05) is 30.3 Å². The normalized spacial score (nSPS) is 17.6. The van der Waals surface area contributed by atoms with Gasteiger partial charge in [0.2, 0.25) is 0 Å². The van der Waals surface area contributed by atoms with Gasteiger partial charge in [-0.3, -0.25) is 14.5 Å². The summed E-state index contributed by atoms with van der Waals surface area (Å²) in [6.07, 6.45) is 0. The van der Waals surface area contributed by atoms with E-state index in [4.69, 9.17) is 9.47 Å². The summed E-state index contributed by atoms with van der Waals surface area (Å²) in [5.74, 6) is -1.00. The highest BCUT2D eigenvalue weighted by molar-refractivity contribution is 6.14. The second-order valence-electron chi connectivity index (χ2n) is 8.64. The minimum Gasteiger partial charge on any atom is -0.497 e. The number of hydrogen-bond donors (Lipinski definition) is 2. The van der Waals surface area contributed by atoms with E-state index < -0.39 is 35.8 Å². The van der Waals surface area contributed by atoms with Crippen molar-refractivity contribution in [2.24, 2.45) is 0 Å². The lowest BCUT2D eigenvalue weighted by molar-refractivity contribution is -0.130. The van der Waals surface area contributed by atoms with Gasteiger partial charge in [0.1, 0.15) is 11.3 Å². The number of ether oxygens (including phenoxy) is 2. The third-order valence-corrected chi connectivity index (χ3v) is 6.33. The topological polar surface area (TPSA) is 118 Å². The van der Waals surface area contributed by atoms with Crippen LogP contribution in [0.15, 0.2) is 36.4 Å². The summed E-state index contributed by atoms with van der Waals surface area (Å²) in [5.41, 5.74) is 0.432. The lowest BCUT2D eigenvalue weighted by Gasteiger charge is -2.22. The van der Waals surface area contributed by atoms with Crippen LogP contribution in [0.4, 0.5) is 4.79 Å². The molecule has 4 rings (SSSR count). The molecule has 0 bridgehead atoms. The van der Waals surface area contributed by atoms with E-state index in [1.54, 1.807) is 40.9 Å². The van der Waals surface area contributed by atoms with Crippen LogP contribution in [0, 0.1) is 13.8 Å². The number of Topliss-reactive ketones (excluding diaryl/α,β-unsaturated/α-hetero) is 1. The van der Waals surface area contributed by atoms with Crippen LogP contribution >= 0.6 is 0 Å². The number of fused-ring (bicyclic) bond motifs is 1. The van der Waals surface area contributed by atoms with Gasteiger partial charge in [-0.2, -0.15) is 0 Å². The van der Waals surface area contributed by atoms with Crippen molar-refractivity contribution in [1.82, 2.24) is 15.2 Å². The van der Waals surface area contributed by atoms with Crippen molar-refractivity contribution in [3.05, 3.63) is 64.5 Å². The Morgan fingerprint density at radius 3 is 2.34 bits per heavy atom. The average Bonchev–Trinajstić information content (AvgIpc) is 3.25. The standard InChI is InChI=1S/C26H27N3O6/c1-6-35-23(31)22-15(3)27-14(2)21(22)20(30)13-29-24(32)26(4,28-25(29)33)18-9-7-17-12-19(34-5)10-8-16(17)11-18/h7-12,27H,6,13H2,1-5H3,(H,28,33). The largest absolute Gasteiger partial charge is 0.497 e. The highest BCUT2D eigenvalue weighted by atomic mass is 16.5. The Labute approximate surface area is 202 Å². The van der Waals surface area contributed by atoms with Gasteiger partial charge in [0, 0.05) is 11.4 Å². The summed E-state index contributed by atoms with van der Waals surface area (Å²) in [4.78, 5) is 55.8. The van der Waals surface area contributed by atoms with Gasteiger partial charge >= 0.3 is 12.0 Å². The van der Waals surface area contributed by atoms with Gasteiger partial charge in [-0.15, -0.1) is 0 Å². The average molecular weight is 478 g/mol. The fourth-order valence-corrected chi connectivity index (χ4v) is 4.51. The first kappa shape index (κ1) is 24.0. The zero-order valence-electron chi connectivity index (χ0n) is 20.3. The number of esters is 1. The number of methoxy groups -OCH3 is 1. The third-order valence-electron chi connectivity index (χ3n) is 6.33. The molecule has 1 aliphatic heterocycles. The van der Waals surface area contributed by atoms with E-state index >= 15 is 0 Å². The summed E-state index contributed by atoms with van der Waals surface area (Å²) in [7, 11) is 1.59. The Morgan fingerprint density at radius 1 is 1.00 bits per heavy atom. The maximum atomic E-state index is 13.4. The van der Waals surface area contributed by atoms with Crippen molar-refractivity contribution in [2.45, 2.75) is 33.2 Å². The second kappa shape index (κ2) is 8.90. The molecule has 0 radical (unpaired) electrons. The number of nitrogens with zero attached hydrogens (tertiary/aromatic N) is 1. The number of rotatable bonds is 7. The second-order valence-corrected chi connectivity index (χ2v) is 8.64. The lowest BCUT2D eigenvalue weighted by Crippen LogP contribution is -2.41. The number of hydrogen-bond acceptors (Lipinski definition) is 6. The monoisotopic (exact) mass is 477 g/mol. The maximum Gasteiger partial charge on any atom is 0.340 e. The summed E-state index contributed by atoms with van der Waals surface area (Å²) in [6, 6.07) is 10.3. The number of ketones is 1. The molecule has 2 N–H and O–H groups in total. The molecule has 0 saturated carbocycles. The van der Waals surface area contributed by atoms with E-state index in [9.17, 15) is 19.2 Å². The Balaban J connectivity index is 1.63. The Bertz CT molecular complexity index is 1370. The number of benzene rings is 2. The smallest absolute Gasteiger partial charge is 0.340 e. The molecule has 1 fully saturated rings. The van der Waals surface area contributed by atoms with Crippen LogP contribution in [0.25, 0.3) is 10.8 Å². The molecule has 1 aliphatic rings. The number of imide groups is 1. The quantitative estimate of drug-likeness (QED) is 0.305. The van der Waals surface area contributed by atoms with Gasteiger partial charge in [-0.1, -0.05) is 18.2 Å². The first-order valence-corrected chi connectivity index (χ1v) is 11.2. The predicted octanol–water partition coefficient (Wildman–Crippen LogP) is 3.62. The number of nitrogens with one attached hydrogen (secondary N) is 2. The summed E-state index contributed by atoms with van der Waals surface area (Å²) >= 11 is 0. The highest BCUT2D eigenvalue weighted by Gasteiger charge is 2.49. The van der Waals surface area contributed by atoms with E-state index in [0.29, 0.717) is 22.7 Å². The van der Waals surface area contributed by atoms with Crippen molar-refractivity contribution in [2.75, 3.05) is 20.3 Å². The number of urea groups is 1. The van der Waals surface area contributed by atoms with Crippen LogP contribution in [0.5, 0.6) is 5.75 Å². The number of carbonyl (C=O) groups is 4. The molecule has 2 aromatic carbocycles. The van der Waals surface area contributed by atoms with Gasteiger partial charge in [0.05, 0.1) is 31.4 Å². The predicted molar refractivity (Wildman–Crippen MR) is 129 cm³/mol.